The van der Waals surface area contributed by atoms with Gasteiger partial charge in [0, 0.05) is 11.6 Å². The van der Waals surface area contributed by atoms with Gasteiger partial charge in [-0.2, -0.15) is 0 Å². The van der Waals surface area contributed by atoms with E-state index in [0.717, 1.165) is 27.4 Å². The Balaban J connectivity index is 2.17. The molecule has 108 valence electrons. The van der Waals surface area contributed by atoms with Crippen LogP contribution < -0.4 is 0 Å². The Hall–Kier alpha value is -1.51. The number of nitrogens with zero attached hydrogens (tertiary/aromatic N) is 2. The van der Waals surface area contributed by atoms with E-state index in [0.29, 0.717) is 6.54 Å². The normalized spacial score (nSPS) is 12.8. The third kappa shape index (κ3) is 2.78. The fraction of sp³-hybridized carbons (Fsp3) is 0.235. The molecule has 0 radical (unpaired) electrons. The molecule has 1 atom stereocenters. The second-order valence-corrected chi connectivity index (χ2v) is 6.34. The molecule has 0 N–H and O–H groups in total. The average Bonchev–Trinajstić information content (AvgIpc) is 2.79. The van der Waals surface area contributed by atoms with Crippen molar-refractivity contribution in [1.82, 2.24) is 9.55 Å². The highest BCUT2D eigenvalue weighted by atomic mass is 35.5. The van der Waals surface area contributed by atoms with Crippen molar-refractivity contribution in [3.05, 3.63) is 64.4 Å². The quantitative estimate of drug-likeness (QED) is 0.595. The first kappa shape index (κ1) is 14.4. The van der Waals surface area contributed by atoms with Crippen LogP contribution in [0.1, 0.15) is 29.3 Å². The van der Waals surface area contributed by atoms with E-state index in [1.165, 1.54) is 5.56 Å². The maximum Gasteiger partial charge on any atom is 0.128 e. The molecule has 0 aliphatic heterocycles. The molecule has 3 aromatic rings. The zero-order chi connectivity index (χ0) is 15.0. The molecule has 1 unspecified atom stereocenters. The summed E-state index contributed by atoms with van der Waals surface area (Å²) in [6.45, 7) is 4.77. The van der Waals surface area contributed by atoms with Crippen LogP contribution in [0.25, 0.3) is 11.0 Å². The number of hydrogen-bond donors (Lipinski definition) is 0. The van der Waals surface area contributed by atoms with Gasteiger partial charge >= 0.3 is 0 Å². The van der Waals surface area contributed by atoms with Gasteiger partial charge in [0.1, 0.15) is 5.82 Å². The van der Waals surface area contributed by atoms with Crippen LogP contribution in [0.5, 0.6) is 0 Å². The van der Waals surface area contributed by atoms with E-state index in [9.17, 15) is 0 Å². The molecule has 0 spiro atoms. The lowest BCUT2D eigenvalue weighted by molar-refractivity contribution is 0.741. The number of rotatable bonds is 3. The van der Waals surface area contributed by atoms with Gasteiger partial charge in [0.2, 0.25) is 0 Å². The topological polar surface area (TPSA) is 17.8 Å². The van der Waals surface area contributed by atoms with E-state index in [4.69, 9.17) is 23.2 Å². The molecule has 0 fully saturated rings. The molecular weight excluding hydrogens is 303 g/mol. The van der Waals surface area contributed by atoms with Crippen molar-refractivity contribution in [1.29, 1.82) is 0 Å². The zero-order valence-corrected chi connectivity index (χ0v) is 13.5. The predicted molar refractivity (Wildman–Crippen MR) is 89.3 cm³/mol. The van der Waals surface area contributed by atoms with Gasteiger partial charge in [0.15, 0.2) is 0 Å². The van der Waals surface area contributed by atoms with Gasteiger partial charge in [-0.1, -0.05) is 35.9 Å². The molecule has 1 aromatic heterocycles. The summed E-state index contributed by atoms with van der Waals surface area (Å²) in [5.41, 5.74) is 4.47. The molecule has 0 aliphatic rings. The summed E-state index contributed by atoms with van der Waals surface area (Å²) >= 11 is 12.4. The molecule has 3 rings (SSSR count). The van der Waals surface area contributed by atoms with Crippen LogP contribution in [0.15, 0.2) is 42.5 Å². The van der Waals surface area contributed by atoms with Gasteiger partial charge in [0.25, 0.3) is 0 Å². The lowest BCUT2D eigenvalue weighted by Gasteiger charge is -2.12. The van der Waals surface area contributed by atoms with Crippen LogP contribution >= 0.6 is 23.2 Å². The smallest absolute Gasteiger partial charge is 0.128 e. The SMILES string of the molecule is Cc1cccc2nc(C(C)Cl)n(Cc3cccc(Cl)c3)c12. The van der Waals surface area contributed by atoms with Crippen LogP contribution in [0.4, 0.5) is 0 Å². The molecule has 4 heteroatoms. The molecule has 2 nitrogen and oxygen atoms in total. The van der Waals surface area contributed by atoms with Gasteiger partial charge in [-0.25, -0.2) is 4.98 Å². The number of aromatic nitrogens is 2. The minimum Gasteiger partial charge on any atom is -0.322 e. The second-order valence-electron chi connectivity index (χ2n) is 5.24. The van der Waals surface area contributed by atoms with E-state index in [1.807, 2.05) is 37.3 Å². The number of benzene rings is 2. The van der Waals surface area contributed by atoms with Gasteiger partial charge in [0.05, 0.1) is 16.4 Å². The number of hydrogen-bond acceptors (Lipinski definition) is 1. The standard InChI is InChI=1S/C17H16Cl2N2/c1-11-5-3-8-15-16(11)21(17(20-15)12(2)18)10-13-6-4-7-14(19)9-13/h3-9,12H,10H2,1-2H3. The zero-order valence-electron chi connectivity index (χ0n) is 12.0. The predicted octanol–water partition coefficient (Wildman–Crippen LogP) is 5.35. The maximum absolute atomic E-state index is 6.32. The number of halogens is 2. The van der Waals surface area contributed by atoms with Crippen LogP contribution in [0.3, 0.4) is 0 Å². The van der Waals surface area contributed by atoms with Crippen LogP contribution in [0, 0.1) is 6.92 Å². The summed E-state index contributed by atoms with van der Waals surface area (Å²) in [6, 6.07) is 14.0. The monoisotopic (exact) mass is 318 g/mol. The van der Waals surface area contributed by atoms with Gasteiger partial charge < -0.3 is 4.57 Å². The average molecular weight is 319 g/mol. The number of alkyl halides is 1. The Morgan fingerprint density at radius 1 is 1.19 bits per heavy atom. The van der Waals surface area contributed by atoms with E-state index in [1.54, 1.807) is 0 Å². The highest BCUT2D eigenvalue weighted by Gasteiger charge is 2.16. The maximum atomic E-state index is 6.32. The van der Waals surface area contributed by atoms with Crippen molar-refractivity contribution in [3.8, 4) is 0 Å². The van der Waals surface area contributed by atoms with Gasteiger partial charge in [-0.3, -0.25) is 0 Å². The van der Waals surface area contributed by atoms with E-state index < -0.39 is 0 Å². The third-order valence-electron chi connectivity index (χ3n) is 3.58. The fourth-order valence-corrected chi connectivity index (χ4v) is 3.04. The van der Waals surface area contributed by atoms with E-state index in [-0.39, 0.29) is 5.38 Å². The number of para-hydroxylation sites is 1. The summed E-state index contributed by atoms with van der Waals surface area (Å²) in [6.07, 6.45) is 0. The highest BCUT2D eigenvalue weighted by Crippen LogP contribution is 2.27. The second kappa shape index (κ2) is 5.70. The van der Waals surface area contributed by atoms with Crippen molar-refractivity contribution in [2.24, 2.45) is 0 Å². The lowest BCUT2D eigenvalue weighted by Crippen LogP contribution is -2.06. The van der Waals surface area contributed by atoms with Crippen LogP contribution in [-0.2, 0) is 6.54 Å². The molecule has 0 aliphatic carbocycles. The molecule has 0 amide bonds. The summed E-state index contributed by atoms with van der Waals surface area (Å²) in [7, 11) is 0. The minimum atomic E-state index is -0.143. The molecule has 0 saturated heterocycles. The van der Waals surface area contributed by atoms with Gasteiger partial charge in [-0.15, -0.1) is 11.6 Å². The Morgan fingerprint density at radius 3 is 2.67 bits per heavy atom. The first-order valence-electron chi connectivity index (χ1n) is 6.90. The molecule has 2 aromatic carbocycles. The third-order valence-corrected chi connectivity index (χ3v) is 4.01. The first-order chi connectivity index (χ1) is 10.1. The highest BCUT2D eigenvalue weighted by molar-refractivity contribution is 6.30. The number of imidazole rings is 1. The molecular formula is C17H16Cl2N2. The van der Waals surface area contributed by atoms with Crippen LogP contribution in [-0.4, -0.2) is 9.55 Å². The summed E-state index contributed by atoms with van der Waals surface area (Å²) in [4.78, 5) is 4.69. The Labute approximate surface area is 134 Å². The molecule has 21 heavy (non-hydrogen) atoms. The summed E-state index contributed by atoms with van der Waals surface area (Å²) in [5, 5.41) is 0.602. The molecule has 0 bridgehead atoms. The largest absolute Gasteiger partial charge is 0.322 e. The summed E-state index contributed by atoms with van der Waals surface area (Å²) < 4.78 is 2.19. The van der Waals surface area contributed by atoms with Crippen molar-refractivity contribution in [2.75, 3.05) is 0 Å². The number of aryl methyl sites for hydroxylation is 1. The van der Waals surface area contributed by atoms with Crippen molar-refractivity contribution in [2.45, 2.75) is 25.8 Å². The number of fused-ring (bicyclic) bond motifs is 1. The Bertz CT molecular complexity index is 791. The van der Waals surface area contributed by atoms with E-state index >= 15 is 0 Å². The minimum absolute atomic E-state index is 0.143. The Morgan fingerprint density at radius 2 is 1.95 bits per heavy atom. The summed E-state index contributed by atoms with van der Waals surface area (Å²) in [5.74, 6) is 0.890. The fourth-order valence-electron chi connectivity index (χ4n) is 2.66. The first-order valence-corrected chi connectivity index (χ1v) is 7.72. The van der Waals surface area contributed by atoms with Crippen molar-refractivity contribution >= 4 is 34.2 Å². The van der Waals surface area contributed by atoms with Crippen LogP contribution in [0.2, 0.25) is 5.02 Å². The molecule has 1 heterocycles. The van der Waals surface area contributed by atoms with E-state index in [2.05, 4.69) is 28.6 Å². The van der Waals surface area contributed by atoms with Crippen molar-refractivity contribution in [3.63, 3.8) is 0 Å². The van der Waals surface area contributed by atoms with Crippen molar-refractivity contribution < 1.29 is 0 Å². The Kier molecular flexibility index (Phi) is 3.92. The molecule has 0 saturated carbocycles. The van der Waals surface area contributed by atoms with Gasteiger partial charge in [-0.05, 0) is 43.2 Å². The lowest BCUT2D eigenvalue weighted by atomic mass is 10.2.